The molecule has 1 aliphatic heterocycles. The van der Waals surface area contributed by atoms with Crippen LogP contribution in [0, 0.1) is 0 Å². The van der Waals surface area contributed by atoms with Gasteiger partial charge in [0, 0.05) is 38.9 Å². The molecule has 1 saturated heterocycles. The van der Waals surface area contributed by atoms with E-state index in [0.717, 1.165) is 17.8 Å². The van der Waals surface area contributed by atoms with Gasteiger partial charge in [-0.2, -0.15) is 13.2 Å². The number of piperazine rings is 1. The van der Waals surface area contributed by atoms with Gasteiger partial charge in [-0.3, -0.25) is 9.69 Å². The van der Waals surface area contributed by atoms with Gasteiger partial charge in [0.15, 0.2) is 11.5 Å². The topological polar surface area (TPSA) is 66.9 Å². The third-order valence-electron chi connectivity index (χ3n) is 5.60. The molecule has 11 heteroatoms. The molecule has 1 N–H and O–H groups in total. The number of alkyl halides is 3. The summed E-state index contributed by atoms with van der Waals surface area (Å²) in [4.78, 5) is 20.4. The number of anilines is 1. The van der Waals surface area contributed by atoms with Gasteiger partial charge in [0.25, 0.3) is 0 Å². The summed E-state index contributed by atoms with van der Waals surface area (Å²) in [6.45, 7) is 4.24. The van der Waals surface area contributed by atoms with Gasteiger partial charge in [-0.25, -0.2) is 4.98 Å². The molecular weight excluding hydrogens is 461 g/mol. The number of hydrogen-bond donors (Lipinski definition) is 1. The van der Waals surface area contributed by atoms with Crippen LogP contribution in [0.2, 0.25) is 5.02 Å². The predicted molar refractivity (Wildman–Crippen MR) is 119 cm³/mol. The van der Waals surface area contributed by atoms with Gasteiger partial charge in [-0.15, -0.1) is 0 Å². The van der Waals surface area contributed by atoms with Crippen molar-refractivity contribution in [2.75, 3.05) is 45.3 Å². The normalized spacial score (nSPS) is 15.8. The summed E-state index contributed by atoms with van der Waals surface area (Å²) >= 11 is 6.06. The Morgan fingerprint density at radius 2 is 1.82 bits per heavy atom. The van der Waals surface area contributed by atoms with Crippen LogP contribution in [0.1, 0.15) is 18.1 Å². The van der Waals surface area contributed by atoms with E-state index >= 15 is 0 Å². The lowest BCUT2D eigenvalue weighted by molar-refractivity contribution is -0.137. The fraction of sp³-hybridized carbons (Fsp3) is 0.455. The summed E-state index contributed by atoms with van der Waals surface area (Å²) in [5, 5.41) is 2.88. The van der Waals surface area contributed by atoms with Crippen LogP contribution < -0.4 is 19.7 Å². The lowest BCUT2D eigenvalue weighted by atomic mass is 10.1. The number of aromatic nitrogens is 1. The quantitative estimate of drug-likeness (QED) is 0.645. The van der Waals surface area contributed by atoms with Crippen molar-refractivity contribution in [3.8, 4) is 11.5 Å². The van der Waals surface area contributed by atoms with Crippen LogP contribution in [0.15, 0.2) is 30.5 Å². The van der Waals surface area contributed by atoms with Gasteiger partial charge in [-0.05, 0) is 30.7 Å². The van der Waals surface area contributed by atoms with E-state index in [0.29, 0.717) is 50.0 Å². The van der Waals surface area contributed by atoms with Crippen molar-refractivity contribution in [2.24, 2.45) is 0 Å². The molecule has 0 spiro atoms. The van der Waals surface area contributed by atoms with Gasteiger partial charge < -0.3 is 19.7 Å². The number of hydrogen-bond acceptors (Lipinski definition) is 6. The van der Waals surface area contributed by atoms with E-state index in [1.807, 2.05) is 28.9 Å². The zero-order chi connectivity index (χ0) is 24.2. The molecule has 0 saturated carbocycles. The maximum atomic E-state index is 12.8. The van der Waals surface area contributed by atoms with Crippen molar-refractivity contribution in [1.29, 1.82) is 0 Å². The molecule has 0 unspecified atom stereocenters. The molecule has 1 amide bonds. The zero-order valence-electron chi connectivity index (χ0n) is 18.6. The number of nitrogens with one attached hydrogen (secondary N) is 1. The lowest BCUT2D eigenvalue weighted by Gasteiger charge is -2.38. The van der Waals surface area contributed by atoms with E-state index in [2.05, 4.69) is 10.3 Å². The Balaban J connectivity index is 1.54. The van der Waals surface area contributed by atoms with Gasteiger partial charge >= 0.3 is 6.18 Å². The zero-order valence-corrected chi connectivity index (χ0v) is 19.3. The minimum absolute atomic E-state index is 0.0426. The number of rotatable bonds is 7. The van der Waals surface area contributed by atoms with Gasteiger partial charge in [0.2, 0.25) is 5.91 Å². The van der Waals surface area contributed by atoms with Crippen molar-refractivity contribution >= 4 is 23.3 Å². The van der Waals surface area contributed by atoms with Crippen LogP contribution in [-0.4, -0.2) is 62.2 Å². The molecule has 1 aromatic carbocycles. The molecule has 0 aliphatic carbocycles. The molecule has 7 nitrogen and oxygen atoms in total. The standard InChI is InChI=1S/C22H26ClF3N4O3/c1-14(21(31)28-12-15-4-5-18(32-2)19(10-15)33-3)29-6-8-30(9-7-29)20-17(23)11-16(13-27-20)22(24,25)26/h4-5,10-11,13-14H,6-9,12H2,1-3H3,(H,28,31)/t14-/m0/s1. The lowest BCUT2D eigenvalue weighted by Crippen LogP contribution is -2.54. The van der Waals surface area contributed by atoms with Gasteiger partial charge in [0.1, 0.15) is 5.82 Å². The first-order valence-corrected chi connectivity index (χ1v) is 10.7. The van der Waals surface area contributed by atoms with Crippen LogP contribution in [0.5, 0.6) is 11.5 Å². The molecule has 2 heterocycles. The summed E-state index contributed by atoms with van der Waals surface area (Å²) in [5.74, 6) is 1.39. The molecule has 180 valence electrons. The minimum Gasteiger partial charge on any atom is -0.493 e. The van der Waals surface area contributed by atoms with Crippen molar-refractivity contribution in [3.63, 3.8) is 0 Å². The Hall–Kier alpha value is -2.72. The number of ether oxygens (including phenoxy) is 2. The van der Waals surface area contributed by atoms with Crippen LogP contribution in [0.4, 0.5) is 19.0 Å². The van der Waals surface area contributed by atoms with Crippen molar-refractivity contribution in [2.45, 2.75) is 25.7 Å². The number of carbonyl (C=O) groups is 1. The smallest absolute Gasteiger partial charge is 0.417 e. The molecule has 1 atom stereocenters. The monoisotopic (exact) mass is 486 g/mol. The Kier molecular flexibility index (Phi) is 7.91. The highest BCUT2D eigenvalue weighted by molar-refractivity contribution is 6.33. The van der Waals surface area contributed by atoms with E-state index in [-0.39, 0.29) is 17.0 Å². The number of halogens is 4. The van der Waals surface area contributed by atoms with E-state index in [1.54, 1.807) is 20.3 Å². The van der Waals surface area contributed by atoms with E-state index in [1.165, 1.54) is 0 Å². The van der Waals surface area contributed by atoms with E-state index in [4.69, 9.17) is 21.1 Å². The molecule has 2 aromatic rings. The molecular formula is C22H26ClF3N4O3. The number of nitrogens with zero attached hydrogens (tertiary/aromatic N) is 3. The first-order valence-electron chi connectivity index (χ1n) is 10.3. The maximum Gasteiger partial charge on any atom is 0.417 e. The first-order chi connectivity index (χ1) is 15.6. The second-order valence-electron chi connectivity index (χ2n) is 7.63. The summed E-state index contributed by atoms with van der Waals surface area (Å²) in [5.41, 5.74) is -0.00398. The first kappa shape index (κ1) is 24.9. The van der Waals surface area contributed by atoms with Crippen molar-refractivity contribution in [1.82, 2.24) is 15.2 Å². The van der Waals surface area contributed by atoms with Crippen LogP contribution in [-0.2, 0) is 17.5 Å². The molecule has 1 aromatic heterocycles. The predicted octanol–water partition coefficient (Wildman–Crippen LogP) is 3.60. The Morgan fingerprint density at radius 3 is 2.39 bits per heavy atom. The third kappa shape index (κ3) is 6.00. The summed E-state index contributed by atoms with van der Waals surface area (Å²) in [6, 6.07) is 5.96. The van der Waals surface area contributed by atoms with Gasteiger partial charge in [-0.1, -0.05) is 17.7 Å². The van der Waals surface area contributed by atoms with Crippen LogP contribution in [0.3, 0.4) is 0 Å². The molecule has 33 heavy (non-hydrogen) atoms. The highest BCUT2D eigenvalue weighted by Crippen LogP contribution is 2.34. The molecule has 3 rings (SSSR count). The highest BCUT2D eigenvalue weighted by Gasteiger charge is 2.33. The van der Waals surface area contributed by atoms with E-state index in [9.17, 15) is 18.0 Å². The fourth-order valence-electron chi connectivity index (χ4n) is 3.63. The Labute approximate surface area is 195 Å². The molecule has 1 fully saturated rings. The number of amides is 1. The number of benzene rings is 1. The Bertz CT molecular complexity index is 982. The summed E-state index contributed by atoms with van der Waals surface area (Å²) in [7, 11) is 3.11. The van der Waals surface area contributed by atoms with Crippen molar-refractivity contribution < 1.29 is 27.4 Å². The summed E-state index contributed by atoms with van der Waals surface area (Å²) < 4.78 is 49.0. The average molecular weight is 487 g/mol. The van der Waals surface area contributed by atoms with Crippen LogP contribution in [0.25, 0.3) is 0 Å². The largest absolute Gasteiger partial charge is 0.493 e. The second-order valence-corrected chi connectivity index (χ2v) is 8.04. The minimum atomic E-state index is -4.49. The summed E-state index contributed by atoms with van der Waals surface area (Å²) in [6.07, 6.45) is -3.70. The molecule has 0 radical (unpaired) electrons. The number of carbonyl (C=O) groups excluding carboxylic acids is 1. The third-order valence-corrected chi connectivity index (χ3v) is 5.88. The van der Waals surface area contributed by atoms with Gasteiger partial charge in [0.05, 0.1) is 30.8 Å². The Morgan fingerprint density at radius 1 is 1.15 bits per heavy atom. The molecule has 0 bridgehead atoms. The number of methoxy groups -OCH3 is 2. The SMILES string of the molecule is COc1ccc(CNC(=O)[C@H](C)N2CCN(c3ncc(C(F)(F)F)cc3Cl)CC2)cc1OC. The molecule has 1 aliphatic rings. The second kappa shape index (κ2) is 10.5. The van der Waals surface area contributed by atoms with Crippen molar-refractivity contribution in [3.05, 3.63) is 46.6 Å². The maximum absolute atomic E-state index is 12.8. The average Bonchev–Trinajstić information content (AvgIpc) is 2.81. The highest BCUT2D eigenvalue weighted by atomic mass is 35.5. The fourth-order valence-corrected chi connectivity index (χ4v) is 3.92. The van der Waals surface area contributed by atoms with Crippen LogP contribution >= 0.6 is 11.6 Å². The number of pyridine rings is 1. The van der Waals surface area contributed by atoms with E-state index < -0.39 is 11.7 Å².